The first-order chi connectivity index (χ1) is 13.6. The Morgan fingerprint density at radius 3 is 2.28 bits per heavy atom. The van der Waals surface area contributed by atoms with Gasteiger partial charge in [0.2, 0.25) is 0 Å². The molecule has 0 amide bonds. The number of unbranched alkanes of at least 4 members (excludes halogenated alkanes) is 3. The van der Waals surface area contributed by atoms with Gasteiger partial charge in [-0.25, -0.2) is 0 Å². The molecule has 6 heteroatoms. The lowest BCUT2D eigenvalue weighted by Gasteiger charge is -2.25. The molecule has 0 aliphatic carbocycles. The van der Waals surface area contributed by atoms with Gasteiger partial charge in [0.05, 0.1) is 18.3 Å². The molecular weight excluding hydrogens is 372 g/mol. The highest BCUT2D eigenvalue weighted by Gasteiger charge is 2.26. The topological polar surface area (TPSA) is 121 Å². The molecule has 0 fully saturated rings. The molecule has 164 valence electrons. The number of allylic oxidation sites excluding steroid dienone is 1. The molecular formula is C23H36O6. The molecule has 1 aromatic carbocycles. The van der Waals surface area contributed by atoms with E-state index in [1.807, 2.05) is 6.08 Å². The van der Waals surface area contributed by atoms with Gasteiger partial charge in [0.15, 0.2) is 0 Å². The van der Waals surface area contributed by atoms with E-state index in [0.717, 1.165) is 25.7 Å². The third-order valence-corrected chi connectivity index (χ3v) is 4.93. The summed E-state index contributed by atoms with van der Waals surface area (Å²) in [6.45, 7) is 4.67. The van der Waals surface area contributed by atoms with Crippen molar-refractivity contribution in [2.45, 2.75) is 83.4 Å². The second kappa shape index (κ2) is 12.1. The first-order valence-electron chi connectivity index (χ1n) is 10.2. The van der Waals surface area contributed by atoms with E-state index in [9.17, 15) is 30.6 Å². The molecule has 0 saturated heterocycles. The van der Waals surface area contributed by atoms with E-state index in [1.165, 1.54) is 32.1 Å². The summed E-state index contributed by atoms with van der Waals surface area (Å²) in [7, 11) is 0. The fraction of sp³-hybridized carbons (Fsp3) is 0.565. The molecule has 6 nitrogen and oxygen atoms in total. The van der Waals surface area contributed by atoms with Crippen molar-refractivity contribution in [2.24, 2.45) is 0 Å². The summed E-state index contributed by atoms with van der Waals surface area (Å²) in [6.07, 6.45) is 7.17. The lowest BCUT2D eigenvalue weighted by Crippen LogP contribution is -2.37. The van der Waals surface area contributed by atoms with Gasteiger partial charge in [-0.05, 0) is 43.9 Å². The average Bonchev–Trinajstić information content (AvgIpc) is 2.66. The SMILES string of the molecule is CCCCC/C=C/C(O)C(O)/C=C/c1c(CC(O)C(C)(C)O)ccc(O)c1CO. The number of hydrogen-bond donors (Lipinski definition) is 6. The van der Waals surface area contributed by atoms with E-state index < -0.39 is 30.5 Å². The monoisotopic (exact) mass is 408 g/mol. The minimum Gasteiger partial charge on any atom is -0.508 e. The zero-order valence-electron chi connectivity index (χ0n) is 17.6. The van der Waals surface area contributed by atoms with E-state index in [-0.39, 0.29) is 17.7 Å². The van der Waals surface area contributed by atoms with Crippen LogP contribution in [0.1, 0.15) is 63.1 Å². The van der Waals surface area contributed by atoms with Crippen molar-refractivity contribution in [1.29, 1.82) is 0 Å². The molecule has 0 aliphatic rings. The highest BCUT2D eigenvalue weighted by Crippen LogP contribution is 2.28. The van der Waals surface area contributed by atoms with Crippen molar-refractivity contribution in [3.63, 3.8) is 0 Å². The number of phenols is 1. The number of aliphatic hydroxyl groups excluding tert-OH is 4. The number of aromatic hydroxyl groups is 1. The Morgan fingerprint density at radius 1 is 1.03 bits per heavy atom. The van der Waals surface area contributed by atoms with Gasteiger partial charge in [-0.1, -0.05) is 50.1 Å². The van der Waals surface area contributed by atoms with Crippen LogP contribution < -0.4 is 0 Å². The molecule has 0 spiro atoms. The van der Waals surface area contributed by atoms with Gasteiger partial charge in [-0.15, -0.1) is 0 Å². The van der Waals surface area contributed by atoms with E-state index in [4.69, 9.17) is 0 Å². The lowest BCUT2D eigenvalue weighted by atomic mass is 9.90. The van der Waals surface area contributed by atoms with E-state index >= 15 is 0 Å². The maximum absolute atomic E-state index is 10.2. The summed E-state index contributed by atoms with van der Waals surface area (Å²) in [5, 5.41) is 60.2. The largest absolute Gasteiger partial charge is 0.508 e. The summed E-state index contributed by atoms with van der Waals surface area (Å²) in [4.78, 5) is 0. The van der Waals surface area contributed by atoms with Crippen molar-refractivity contribution < 1.29 is 30.6 Å². The molecule has 0 radical (unpaired) electrons. The second-order valence-corrected chi connectivity index (χ2v) is 7.93. The van der Waals surface area contributed by atoms with Gasteiger partial charge in [0.1, 0.15) is 18.0 Å². The average molecular weight is 409 g/mol. The Kier molecular flexibility index (Phi) is 10.6. The fourth-order valence-electron chi connectivity index (χ4n) is 2.88. The van der Waals surface area contributed by atoms with Gasteiger partial charge in [0, 0.05) is 12.0 Å². The zero-order chi connectivity index (χ0) is 22.0. The Labute approximate surface area is 173 Å². The first-order valence-corrected chi connectivity index (χ1v) is 10.2. The van der Waals surface area contributed by atoms with Gasteiger partial charge in [0.25, 0.3) is 0 Å². The maximum atomic E-state index is 10.2. The number of rotatable bonds is 12. The summed E-state index contributed by atoms with van der Waals surface area (Å²) >= 11 is 0. The molecule has 3 unspecified atom stereocenters. The third-order valence-electron chi connectivity index (χ3n) is 4.93. The molecule has 0 aliphatic heterocycles. The van der Waals surface area contributed by atoms with Crippen LogP contribution >= 0.6 is 0 Å². The van der Waals surface area contributed by atoms with Crippen LogP contribution in [-0.2, 0) is 13.0 Å². The van der Waals surface area contributed by atoms with Gasteiger partial charge < -0.3 is 30.6 Å². The van der Waals surface area contributed by atoms with Crippen molar-refractivity contribution in [3.05, 3.63) is 47.1 Å². The maximum Gasteiger partial charge on any atom is 0.121 e. The molecule has 0 saturated carbocycles. The van der Waals surface area contributed by atoms with E-state index in [1.54, 1.807) is 12.1 Å². The van der Waals surface area contributed by atoms with Crippen molar-refractivity contribution in [3.8, 4) is 5.75 Å². The lowest BCUT2D eigenvalue weighted by molar-refractivity contribution is -0.0469. The number of aliphatic hydroxyl groups is 5. The predicted molar refractivity (Wildman–Crippen MR) is 114 cm³/mol. The van der Waals surface area contributed by atoms with Crippen LogP contribution in [0.25, 0.3) is 6.08 Å². The summed E-state index contributed by atoms with van der Waals surface area (Å²) in [5.41, 5.74) is -0.0433. The van der Waals surface area contributed by atoms with Crippen molar-refractivity contribution in [1.82, 2.24) is 0 Å². The Morgan fingerprint density at radius 2 is 1.69 bits per heavy atom. The molecule has 0 bridgehead atoms. The normalized spacial score (nSPS) is 15.9. The van der Waals surface area contributed by atoms with E-state index in [0.29, 0.717) is 11.1 Å². The second-order valence-electron chi connectivity index (χ2n) is 7.93. The molecule has 0 aromatic heterocycles. The minimum absolute atomic E-state index is 0.0897. The van der Waals surface area contributed by atoms with Crippen LogP contribution in [0.4, 0.5) is 0 Å². The van der Waals surface area contributed by atoms with Crippen molar-refractivity contribution >= 4 is 6.08 Å². The first kappa shape index (κ1) is 25.3. The summed E-state index contributed by atoms with van der Waals surface area (Å²) in [6, 6.07) is 3.01. The summed E-state index contributed by atoms with van der Waals surface area (Å²) < 4.78 is 0. The van der Waals surface area contributed by atoms with Crippen LogP contribution in [0.3, 0.4) is 0 Å². The van der Waals surface area contributed by atoms with Gasteiger partial charge in [-0.2, -0.15) is 0 Å². The van der Waals surface area contributed by atoms with E-state index in [2.05, 4.69) is 6.92 Å². The molecule has 29 heavy (non-hydrogen) atoms. The zero-order valence-corrected chi connectivity index (χ0v) is 17.6. The quantitative estimate of drug-likeness (QED) is 0.233. The van der Waals surface area contributed by atoms with Gasteiger partial charge >= 0.3 is 0 Å². The Bertz CT molecular complexity index is 675. The number of hydrogen-bond acceptors (Lipinski definition) is 6. The molecule has 6 N–H and O–H groups in total. The summed E-state index contributed by atoms with van der Waals surface area (Å²) in [5.74, 6) is -0.112. The van der Waals surface area contributed by atoms with Crippen LogP contribution in [0, 0.1) is 0 Å². The van der Waals surface area contributed by atoms with Gasteiger partial charge in [-0.3, -0.25) is 0 Å². The van der Waals surface area contributed by atoms with Crippen molar-refractivity contribution in [2.75, 3.05) is 0 Å². The smallest absolute Gasteiger partial charge is 0.121 e. The highest BCUT2D eigenvalue weighted by atomic mass is 16.3. The molecule has 1 rings (SSSR count). The van der Waals surface area contributed by atoms with Crippen LogP contribution in [0.15, 0.2) is 30.4 Å². The van der Waals surface area contributed by atoms with Crippen LogP contribution in [-0.4, -0.2) is 54.6 Å². The van der Waals surface area contributed by atoms with Crippen LogP contribution in [0.5, 0.6) is 5.75 Å². The standard InChI is InChI=1S/C23H36O6/c1-4-5-6-7-8-9-20(26)21(27)13-11-17-16(14-22(28)23(2,3)29)10-12-19(25)18(17)15-24/h8-13,20-22,24-29H,4-7,14-15H2,1-3H3/b9-8+,13-11+. The highest BCUT2D eigenvalue weighted by molar-refractivity contribution is 5.62. The molecule has 1 aromatic rings. The van der Waals surface area contributed by atoms with Crippen LogP contribution in [0.2, 0.25) is 0 Å². The fourth-order valence-corrected chi connectivity index (χ4v) is 2.88. The molecule has 3 atom stereocenters. The Hall–Kier alpha value is -1.70. The minimum atomic E-state index is -1.32. The third kappa shape index (κ3) is 8.28. The Balaban J connectivity index is 3.01. The number of benzene rings is 1. The predicted octanol–water partition coefficient (Wildman–Crippen LogP) is 2.43. The molecule has 0 heterocycles.